The topological polar surface area (TPSA) is 142 Å². The zero-order valence-electron chi connectivity index (χ0n) is 23.3. The number of carbonyl (C=O) groups is 1. The van der Waals surface area contributed by atoms with Crippen LogP contribution in [0, 0.1) is 61.8 Å². The fraction of sp³-hybridized carbons (Fsp3) is 0.536. The molecule has 0 amide bonds. The van der Waals surface area contributed by atoms with E-state index in [4.69, 9.17) is 9.47 Å². The normalized spacial score (nSPS) is 21.6. The molecule has 2 atom stereocenters. The molecule has 10 nitrogen and oxygen atoms in total. The van der Waals surface area contributed by atoms with Gasteiger partial charge in [-0.2, -0.15) is 0 Å². The molecule has 10 heteroatoms. The minimum atomic E-state index is -0.827. The average molecular weight is 529 g/mol. The predicted molar refractivity (Wildman–Crippen MR) is 142 cm³/mol. The summed E-state index contributed by atoms with van der Waals surface area (Å²) in [6, 6.07) is 0. The van der Waals surface area contributed by atoms with E-state index < -0.39 is 11.2 Å². The van der Waals surface area contributed by atoms with Gasteiger partial charge in [-0.15, -0.1) is 0 Å². The quantitative estimate of drug-likeness (QED) is 0.316. The molecule has 0 aromatic heterocycles. The predicted octanol–water partition coefficient (Wildman–Crippen LogP) is 5.40. The van der Waals surface area contributed by atoms with E-state index in [2.05, 4.69) is 0 Å². The molecule has 2 unspecified atom stereocenters. The number of aliphatic hydroxyl groups is 1. The number of benzene rings is 2. The molecule has 0 saturated heterocycles. The largest absolute Gasteiger partial charge is 0.485 e. The minimum absolute atomic E-state index is 0.0546. The van der Waals surface area contributed by atoms with Crippen molar-refractivity contribution in [3.05, 3.63) is 64.7 Å². The number of carbonyl (C=O) groups excluding carboxylic acids is 1. The van der Waals surface area contributed by atoms with E-state index in [0.717, 1.165) is 28.5 Å². The summed E-state index contributed by atoms with van der Waals surface area (Å²) in [4.78, 5) is 32.8. The fourth-order valence-electron chi connectivity index (χ4n) is 5.30. The van der Waals surface area contributed by atoms with Gasteiger partial charge in [0, 0.05) is 44.5 Å². The molecule has 0 spiro atoms. The number of hydrogen-bond acceptors (Lipinski definition) is 8. The van der Waals surface area contributed by atoms with E-state index in [1.807, 2.05) is 13.8 Å². The first-order valence-corrected chi connectivity index (χ1v) is 12.6. The molecule has 206 valence electrons. The number of aliphatic hydroxyl groups excluding tert-OH is 1. The minimum Gasteiger partial charge on any atom is -0.485 e. The molecule has 2 aliphatic heterocycles. The number of rotatable bonds is 4. The van der Waals surface area contributed by atoms with Crippen LogP contribution in [0.15, 0.2) is 0 Å². The van der Waals surface area contributed by atoms with Crippen LogP contribution in [0.3, 0.4) is 0 Å². The summed E-state index contributed by atoms with van der Waals surface area (Å²) in [6.45, 7) is 14.2. The first-order valence-electron chi connectivity index (χ1n) is 12.6. The standard InChI is InChI=1S/C14H19NO4.C14H17NO4/c2*1-8-9(2)13-11(10(3)12(8)15(17)18)5-6-14(4,7-16)19-13/h16H,5-7H2,1-4H3;7H,5-6H2,1-4H3. The van der Waals surface area contributed by atoms with Crippen molar-refractivity contribution in [1.29, 1.82) is 0 Å². The smallest absolute Gasteiger partial charge is 0.275 e. The maximum Gasteiger partial charge on any atom is 0.275 e. The Kier molecular flexibility index (Phi) is 7.89. The molecule has 0 radical (unpaired) electrons. The number of ether oxygens (including phenoxy) is 2. The van der Waals surface area contributed by atoms with Gasteiger partial charge in [0.25, 0.3) is 11.4 Å². The van der Waals surface area contributed by atoms with Gasteiger partial charge in [0.1, 0.15) is 17.1 Å². The van der Waals surface area contributed by atoms with Crippen LogP contribution in [-0.2, 0) is 17.6 Å². The van der Waals surface area contributed by atoms with Crippen molar-refractivity contribution >= 4 is 17.7 Å². The summed E-state index contributed by atoms with van der Waals surface area (Å²) in [5, 5.41) is 31.8. The third kappa shape index (κ3) is 4.97. The van der Waals surface area contributed by atoms with Crippen LogP contribution in [-0.4, -0.2) is 39.0 Å². The maximum absolute atomic E-state index is 11.2. The zero-order chi connectivity index (χ0) is 28.7. The van der Waals surface area contributed by atoms with Crippen molar-refractivity contribution in [2.75, 3.05) is 6.61 Å². The van der Waals surface area contributed by atoms with Crippen LogP contribution < -0.4 is 9.47 Å². The van der Waals surface area contributed by atoms with Gasteiger partial charge < -0.3 is 14.6 Å². The zero-order valence-corrected chi connectivity index (χ0v) is 23.3. The van der Waals surface area contributed by atoms with Gasteiger partial charge in [-0.05, 0) is 81.1 Å². The van der Waals surface area contributed by atoms with Crippen molar-refractivity contribution in [1.82, 2.24) is 0 Å². The molecular weight excluding hydrogens is 492 g/mol. The van der Waals surface area contributed by atoms with Crippen LogP contribution in [0.4, 0.5) is 11.4 Å². The molecule has 2 aromatic carbocycles. The van der Waals surface area contributed by atoms with Crippen LogP contribution in [0.1, 0.15) is 71.2 Å². The second kappa shape index (κ2) is 10.3. The van der Waals surface area contributed by atoms with E-state index in [-0.39, 0.29) is 27.8 Å². The van der Waals surface area contributed by atoms with Gasteiger partial charge in [-0.3, -0.25) is 25.0 Å². The van der Waals surface area contributed by atoms with Crippen LogP contribution in [0.5, 0.6) is 11.5 Å². The van der Waals surface area contributed by atoms with Gasteiger partial charge in [0.15, 0.2) is 11.9 Å². The Hall–Kier alpha value is -3.53. The maximum atomic E-state index is 11.2. The molecule has 2 heterocycles. The van der Waals surface area contributed by atoms with E-state index in [0.29, 0.717) is 59.4 Å². The summed E-state index contributed by atoms with van der Waals surface area (Å²) < 4.78 is 11.7. The van der Waals surface area contributed by atoms with E-state index >= 15 is 0 Å². The van der Waals surface area contributed by atoms with Crippen molar-refractivity contribution in [3.63, 3.8) is 0 Å². The average Bonchev–Trinajstić information content (AvgIpc) is 2.86. The Bertz CT molecular complexity index is 1340. The number of nitrogens with zero attached hydrogens (tertiary/aromatic N) is 2. The number of nitro benzene ring substituents is 2. The van der Waals surface area contributed by atoms with Gasteiger partial charge in [-0.1, -0.05) is 0 Å². The van der Waals surface area contributed by atoms with E-state index in [1.165, 1.54) is 0 Å². The SMILES string of the molecule is Cc1c(C)c([N+](=O)[O-])c(C)c2c1OC(C)(C=O)CC2.Cc1c(C)c([N+](=O)[O-])c(C)c2c1OC(C)(CO)CC2. The molecule has 38 heavy (non-hydrogen) atoms. The van der Waals surface area contributed by atoms with Crippen LogP contribution >= 0.6 is 0 Å². The number of fused-ring (bicyclic) bond motifs is 2. The highest BCUT2D eigenvalue weighted by Gasteiger charge is 2.37. The van der Waals surface area contributed by atoms with Crippen molar-refractivity contribution in [3.8, 4) is 11.5 Å². The lowest BCUT2D eigenvalue weighted by atomic mass is 9.87. The summed E-state index contributed by atoms with van der Waals surface area (Å²) in [7, 11) is 0. The highest BCUT2D eigenvalue weighted by molar-refractivity contribution is 5.68. The van der Waals surface area contributed by atoms with Crippen molar-refractivity contribution in [2.24, 2.45) is 0 Å². The van der Waals surface area contributed by atoms with Gasteiger partial charge in [0.05, 0.1) is 16.5 Å². The molecular formula is C28H36N2O8. The van der Waals surface area contributed by atoms with E-state index in [1.54, 1.807) is 41.5 Å². The lowest BCUT2D eigenvalue weighted by molar-refractivity contribution is -0.386. The Morgan fingerprint density at radius 3 is 1.58 bits per heavy atom. The Balaban J connectivity index is 0.000000211. The Morgan fingerprint density at radius 2 is 1.18 bits per heavy atom. The third-order valence-corrected chi connectivity index (χ3v) is 8.09. The van der Waals surface area contributed by atoms with Crippen molar-refractivity contribution in [2.45, 2.75) is 92.3 Å². The molecule has 0 aliphatic carbocycles. The molecule has 0 saturated carbocycles. The van der Waals surface area contributed by atoms with Crippen molar-refractivity contribution < 1.29 is 29.2 Å². The highest BCUT2D eigenvalue weighted by atomic mass is 16.6. The molecule has 0 bridgehead atoms. The molecule has 2 aromatic rings. The van der Waals surface area contributed by atoms with Gasteiger partial charge in [0.2, 0.25) is 0 Å². The molecule has 1 N–H and O–H groups in total. The Morgan fingerprint density at radius 1 is 0.763 bits per heavy atom. The van der Waals surface area contributed by atoms with Gasteiger partial charge in [-0.25, -0.2) is 0 Å². The Labute approximate surface area is 222 Å². The molecule has 0 fully saturated rings. The first kappa shape index (κ1) is 29.0. The second-order valence-corrected chi connectivity index (χ2v) is 10.8. The monoisotopic (exact) mass is 528 g/mol. The summed E-state index contributed by atoms with van der Waals surface area (Å²) in [5.41, 5.74) is 4.82. The lowest BCUT2D eigenvalue weighted by Gasteiger charge is -2.36. The number of aldehydes is 1. The fourth-order valence-corrected chi connectivity index (χ4v) is 5.30. The summed E-state index contributed by atoms with van der Waals surface area (Å²) in [6.07, 6.45) is 3.33. The van der Waals surface area contributed by atoms with Crippen LogP contribution in [0.25, 0.3) is 0 Å². The summed E-state index contributed by atoms with van der Waals surface area (Å²) >= 11 is 0. The molecule has 2 aliphatic rings. The second-order valence-electron chi connectivity index (χ2n) is 10.8. The third-order valence-electron chi connectivity index (χ3n) is 8.09. The highest BCUT2D eigenvalue weighted by Crippen LogP contribution is 2.44. The first-order chi connectivity index (χ1) is 17.6. The van der Waals surface area contributed by atoms with E-state index in [9.17, 15) is 30.1 Å². The number of hydrogen-bond donors (Lipinski definition) is 1. The molecule has 4 rings (SSSR count). The lowest BCUT2D eigenvalue weighted by Crippen LogP contribution is -2.40. The summed E-state index contributed by atoms with van der Waals surface area (Å²) in [5.74, 6) is 1.35. The number of nitro groups is 2. The van der Waals surface area contributed by atoms with Crippen LogP contribution in [0.2, 0.25) is 0 Å². The van der Waals surface area contributed by atoms with Gasteiger partial charge >= 0.3 is 0 Å².